The predicted octanol–water partition coefficient (Wildman–Crippen LogP) is 2.37. The summed E-state index contributed by atoms with van der Waals surface area (Å²) in [6.45, 7) is 2.06. The van der Waals surface area contributed by atoms with Gasteiger partial charge in [0.25, 0.3) is 5.91 Å². The first-order valence-corrected chi connectivity index (χ1v) is 6.11. The Balaban J connectivity index is 2.20. The number of thioether (sulfide) groups is 1. The van der Waals surface area contributed by atoms with Crippen molar-refractivity contribution in [3.8, 4) is 0 Å². The van der Waals surface area contributed by atoms with Gasteiger partial charge in [0.2, 0.25) is 0 Å². The first-order valence-electron chi connectivity index (χ1n) is 5.23. The summed E-state index contributed by atoms with van der Waals surface area (Å²) in [5, 5.41) is 0. The van der Waals surface area contributed by atoms with E-state index in [0.29, 0.717) is 5.56 Å². The quantitative estimate of drug-likeness (QED) is 0.854. The van der Waals surface area contributed by atoms with Crippen LogP contribution in [0.5, 0.6) is 0 Å². The predicted molar refractivity (Wildman–Crippen MR) is 66.6 cm³/mol. The molecule has 1 aliphatic heterocycles. The fourth-order valence-electron chi connectivity index (χ4n) is 1.55. The van der Waals surface area contributed by atoms with Crippen molar-refractivity contribution in [3.05, 3.63) is 47.0 Å². The third-order valence-corrected chi connectivity index (χ3v) is 3.60. The molecular weight excluding hydrogens is 220 g/mol. The van der Waals surface area contributed by atoms with Gasteiger partial charge in [-0.2, -0.15) is 0 Å². The minimum Gasteiger partial charge on any atom is -0.302 e. The monoisotopic (exact) mass is 234 g/mol. The van der Waals surface area contributed by atoms with Crippen molar-refractivity contribution in [2.75, 3.05) is 0 Å². The molecule has 2 N–H and O–H groups in total. The van der Waals surface area contributed by atoms with Crippen LogP contribution < -0.4 is 5.73 Å². The lowest BCUT2D eigenvalue weighted by molar-refractivity contribution is 0.0815. The van der Waals surface area contributed by atoms with Gasteiger partial charge in [-0.1, -0.05) is 36.9 Å². The van der Waals surface area contributed by atoms with Crippen molar-refractivity contribution >= 4 is 17.7 Å². The number of nitrogens with zero attached hydrogens (tertiary/aromatic N) is 1. The summed E-state index contributed by atoms with van der Waals surface area (Å²) < 4.78 is 0. The van der Waals surface area contributed by atoms with Gasteiger partial charge in [-0.05, 0) is 18.6 Å². The standard InChI is InChI=1S/C12H14N2OS/c1-2-10-8-14(12(13)16-10)11(15)9-6-4-3-5-7-9/h3-8,12H,2,13H2,1H3. The summed E-state index contributed by atoms with van der Waals surface area (Å²) in [5.74, 6) is -0.0379. The molecule has 0 saturated carbocycles. The highest BCUT2D eigenvalue weighted by molar-refractivity contribution is 8.03. The van der Waals surface area contributed by atoms with Gasteiger partial charge < -0.3 is 5.73 Å². The molecule has 2 rings (SSSR count). The Morgan fingerprint density at radius 3 is 2.69 bits per heavy atom. The van der Waals surface area contributed by atoms with Crippen LogP contribution in [-0.2, 0) is 0 Å². The van der Waals surface area contributed by atoms with Gasteiger partial charge in [0.1, 0.15) is 5.50 Å². The SMILES string of the molecule is CCC1=CN(C(=O)c2ccccc2)C(N)S1. The molecule has 0 aliphatic carbocycles. The molecular formula is C12H14N2OS. The molecule has 3 nitrogen and oxygen atoms in total. The maximum absolute atomic E-state index is 12.1. The van der Waals surface area contributed by atoms with E-state index in [4.69, 9.17) is 5.73 Å². The van der Waals surface area contributed by atoms with E-state index >= 15 is 0 Å². The Kier molecular flexibility index (Phi) is 3.31. The molecule has 0 fully saturated rings. The maximum Gasteiger partial charge on any atom is 0.259 e. The lowest BCUT2D eigenvalue weighted by Crippen LogP contribution is -2.37. The van der Waals surface area contributed by atoms with Crippen LogP contribution in [0.2, 0.25) is 0 Å². The van der Waals surface area contributed by atoms with Crippen molar-refractivity contribution < 1.29 is 4.79 Å². The fourth-order valence-corrected chi connectivity index (χ4v) is 2.47. The number of carbonyl (C=O) groups excluding carboxylic acids is 1. The molecule has 16 heavy (non-hydrogen) atoms. The van der Waals surface area contributed by atoms with Gasteiger partial charge in [-0.3, -0.25) is 9.69 Å². The summed E-state index contributed by atoms with van der Waals surface area (Å²) in [6, 6.07) is 9.20. The third-order valence-electron chi connectivity index (χ3n) is 2.43. The van der Waals surface area contributed by atoms with Crippen LogP contribution >= 0.6 is 11.8 Å². The second-order valence-electron chi connectivity index (χ2n) is 3.54. The second kappa shape index (κ2) is 4.72. The van der Waals surface area contributed by atoms with Crippen molar-refractivity contribution in [1.82, 2.24) is 4.90 Å². The van der Waals surface area contributed by atoms with E-state index in [9.17, 15) is 4.79 Å². The molecule has 84 valence electrons. The highest BCUT2D eigenvalue weighted by atomic mass is 32.2. The number of amides is 1. The number of nitrogens with two attached hydrogens (primary N) is 1. The number of rotatable bonds is 2. The van der Waals surface area contributed by atoms with Gasteiger partial charge in [-0.25, -0.2) is 0 Å². The zero-order chi connectivity index (χ0) is 11.5. The van der Waals surface area contributed by atoms with Crippen molar-refractivity contribution in [3.63, 3.8) is 0 Å². The van der Waals surface area contributed by atoms with E-state index in [1.807, 2.05) is 24.4 Å². The van der Waals surface area contributed by atoms with Crippen LogP contribution in [0.1, 0.15) is 23.7 Å². The van der Waals surface area contributed by atoms with Crippen molar-refractivity contribution in [2.24, 2.45) is 5.73 Å². The highest BCUT2D eigenvalue weighted by Crippen LogP contribution is 2.32. The van der Waals surface area contributed by atoms with Crippen LogP contribution in [0, 0.1) is 0 Å². The first-order chi connectivity index (χ1) is 7.72. The van der Waals surface area contributed by atoms with Crippen LogP contribution in [0.15, 0.2) is 41.4 Å². The number of allylic oxidation sites excluding steroid dienone is 1. The lowest BCUT2D eigenvalue weighted by Gasteiger charge is -2.18. The van der Waals surface area contributed by atoms with Crippen LogP contribution in [0.25, 0.3) is 0 Å². The lowest BCUT2D eigenvalue weighted by atomic mass is 10.2. The molecule has 1 aromatic carbocycles. The third kappa shape index (κ3) is 2.13. The van der Waals surface area contributed by atoms with Gasteiger partial charge in [0, 0.05) is 16.7 Å². The number of hydrogen-bond acceptors (Lipinski definition) is 3. The number of carbonyl (C=O) groups is 1. The molecule has 1 heterocycles. The van der Waals surface area contributed by atoms with E-state index in [-0.39, 0.29) is 11.4 Å². The molecule has 0 bridgehead atoms. The minimum absolute atomic E-state index is 0.0379. The Hall–Kier alpha value is -1.26. The molecule has 1 aromatic rings. The summed E-state index contributed by atoms with van der Waals surface area (Å²) in [5.41, 5.74) is 6.28. The number of hydrogen-bond donors (Lipinski definition) is 1. The molecule has 0 spiro atoms. The zero-order valence-electron chi connectivity index (χ0n) is 9.09. The average Bonchev–Trinajstić information content (AvgIpc) is 2.71. The van der Waals surface area contributed by atoms with E-state index in [2.05, 4.69) is 6.92 Å². The fraction of sp³-hybridized carbons (Fsp3) is 0.250. The first kappa shape index (κ1) is 11.2. The normalized spacial score (nSPS) is 19.8. The molecule has 1 atom stereocenters. The highest BCUT2D eigenvalue weighted by Gasteiger charge is 2.26. The largest absolute Gasteiger partial charge is 0.302 e. The van der Waals surface area contributed by atoms with E-state index < -0.39 is 0 Å². The van der Waals surface area contributed by atoms with Gasteiger partial charge in [0.15, 0.2) is 0 Å². The van der Waals surface area contributed by atoms with Crippen molar-refractivity contribution in [2.45, 2.75) is 18.8 Å². The van der Waals surface area contributed by atoms with E-state index in [1.54, 1.807) is 28.8 Å². The van der Waals surface area contributed by atoms with Crippen molar-refractivity contribution in [1.29, 1.82) is 0 Å². The van der Waals surface area contributed by atoms with E-state index in [0.717, 1.165) is 11.3 Å². The maximum atomic E-state index is 12.1. The molecule has 1 aliphatic rings. The Bertz CT molecular complexity index is 416. The van der Waals surface area contributed by atoms with Crippen LogP contribution in [0.3, 0.4) is 0 Å². The smallest absolute Gasteiger partial charge is 0.259 e. The molecule has 0 saturated heterocycles. The summed E-state index contributed by atoms with van der Waals surface area (Å²) >= 11 is 1.54. The summed E-state index contributed by atoms with van der Waals surface area (Å²) in [6.07, 6.45) is 2.77. The van der Waals surface area contributed by atoms with Gasteiger partial charge >= 0.3 is 0 Å². The Labute approximate surface area is 99.3 Å². The Morgan fingerprint density at radius 2 is 2.12 bits per heavy atom. The zero-order valence-corrected chi connectivity index (χ0v) is 9.91. The summed E-state index contributed by atoms with van der Waals surface area (Å²) in [4.78, 5) is 14.9. The van der Waals surface area contributed by atoms with E-state index in [1.165, 1.54) is 0 Å². The summed E-state index contributed by atoms with van der Waals surface area (Å²) in [7, 11) is 0. The Morgan fingerprint density at radius 1 is 1.44 bits per heavy atom. The number of benzene rings is 1. The topological polar surface area (TPSA) is 46.3 Å². The minimum atomic E-state index is -0.289. The molecule has 0 radical (unpaired) electrons. The average molecular weight is 234 g/mol. The van der Waals surface area contributed by atoms with Crippen LogP contribution in [-0.4, -0.2) is 16.3 Å². The molecule has 4 heteroatoms. The van der Waals surface area contributed by atoms with Gasteiger partial charge in [0.05, 0.1) is 0 Å². The molecule has 0 aromatic heterocycles. The second-order valence-corrected chi connectivity index (χ2v) is 4.78. The molecule has 1 unspecified atom stereocenters. The molecule has 1 amide bonds. The van der Waals surface area contributed by atoms with Crippen LogP contribution in [0.4, 0.5) is 0 Å². The van der Waals surface area contributed by atoms with Gasteiger partial charge in [-0.15, -0.1) is 0 Å².